The lowest BCUT2D eigenvalue weighted by Gasteiger charge is -1.95. The summed E-state index contributed by atoms with van der Waals surface area (Å²) in [5.74, 6) is 0. The zero-order chi connectivity index (χ0) is 8.81. The number of rotatable bonds is 2. The van der Waals surface area contributed by atoms with E-state index in [1.807, 2.05) is 36.5 Å². The summed E-state index contributed by atoms with van der Waals surface area (Å²) < 4.78 is 0. The standard InChI is InChI=1S/C8H8N4/c1-12(7-9)11-10-8-5-3-2-4-6-8/h2-6H,1H3. The summed E-state index contributed by atoms with van der Waals surface area (Å²) in [4.78, 5) is 0. The van der Waals surface area contributed by atoms with E-state index in [9.17, 15) is 0 Å². The maximum Gasteiger partial charge on any atom is 0.202 e. The van der Waals surface area contributed by atoms with Gasteiger partial charge < -0.3 is 0 Å². The van der Waals surface area contributed by atoms with Crippen LogP contribution in [-0.2, 0) is 0 Å². The molecule has 0 aromatic heterocycles. The summed E-state index contributed by atoms with van der Waals surface area (Å²) in [7, 11) is 1.53. The fourth-order valence-electron chi connectivity index (χ4n) is 0.633. The summed E-state index contributed by atoms with van der Waals surface area (Å²) in [6.45, 7) is 0. The smallest absolute Gasteiger partial charge is 0.184 e. The van der Waals surface area contributed by atoms with Gasteiger partial charge in [0, 0.05) is 7.05 Å². The lowest BCUT2D eigenvalue weighted by atomic mass is 10.3. The molecule has 0 heterocycles. The molecule has 1 rings (SSSR count). The third-order valence-corrected chi connectivity index (χ3v) is 1.20. The topological polar surface area (TPSA) is 51.8 Å². The predicted octanol–water partition coefficient (Wildman–Crippen LogP) is 2.10. The van der Waals surface area contributed by atoms with E-state index >= 15 is 0 Å². The van der Waals surface area contributed by atoms with Crippen LogP contribution in [-0.4, -0.2) is 12.1 Å². The number of nitrogens with zero attached hydrogens (tertiary/aromatic N) is 4. The fourth-order valence-corrected chi connectivity index (χ4v) is 0.633. The van der Waals surface area contributed by atoms with Gasteiger partial charge in [-0.1, -0.05) is 23.4 Å². The van der Waals surface area contributed by atoms with Crippen molar-refractivity contribution in [1.29, 1.82) is 5.26 Å². The second kappa shape index (κ2) is 4.09. The highest BCUT2D eigenvalue weighted by Crippen LogP contribution is 2.09. The van der Waals surface area contributed by atoms with E-state index in [1.54, 1.807) is 0 Å². The summed E-state index contributed by atoms with van der Waals surface area (Å²) in [5.41, 5.74) is 0.736. The molecule has 0 radical (unpaired) electrons. The van der Waals surface area contributed by atoms with Crippen LogP contribution in [0.25, 0.3) is 0 Å². The van der Waals surface area contributed by atoms with Crippen molar-refractivity contribution in [3.63, 3.8) is 0 Å². The van der Waals surface area contributed by atoms with Gasteiger partial charge in [-0.05, 0) is 12.1 Å². The van der Waals surface area contributed by atoms with Crippen molar-refractivity contribution in [2.75, 3.05) is 7.05 Å². The first-order chi connectivity index (χ1) is 5.83. The van der Waals surface area contributed by atoms with Crippen molar-refractivity contribution < 1.29 is 0 Å². The molecule has 4 heteroatoms. The van der Waals surface area contributed by atoms with Crippen molar-refractivity contribution in [2.45, 2.75) is 0 Å². The fraction of sp³-hybridized carbons (Fsp3) is 0.125. The number of hydrogen-bond acceptors (Lipinski definition) is 3. The Bertz CT molecular complexity index is 299. The maximum absolute atomic E-state index is 8.33. The van der Waals surface area contributed by atoms with Crippen molar-refractivity contribution in [2.24, 2.45) is 10.3 Å². The van der Waals surface area contributed by atoms with Gasteiger partial charge in [0.15, 0.2) is 0 Å². The summed E-state index contributed by atoms with van der Waals surface area (Å²) in [6, 6.07) is 9.25. The van der Waals surface area contributed by atoms with Gasteiger partial charge >= 0.3 is 0 Å². The summed E-state index contributed by atoms with van der Waals surface area (Å²) in [6.07, 6.45) is 1.81. The molecule has 0 aliphatic rings. The van der Waals surface area contributed by atoms with Crippen LogP contribution in [0.1, 0.15) is 0 Å². The number of hydrogen-bond donors (Lipinski definition) is 0. The van der Waals surface area contributed by atoms with E-state index in [1.165, 1.54) is 7.05 Å². The summed E-state index contributed by atoms with van der Waals surface area (Å²) in [5, 5.41) is 16.8. The van der Waals surface area contributed by atoms with Gasteiger partial charge in [0.25, 0.3) is 0 Å². The maximum atomic E-state index is 8.33. The van der Waals surface area contributed by atoms with Crippen LogP contribution in [0.2, 0.25) is 0 Å². The van der Waals surface area contributed by atoms with Gasteiger partial charge in [-0.3, -0.25) is 0 Å². The highest BCUT2D eigenvalue weighted by molar-refractivity contribution is 5.34. The Morgan fingerprint density at radius 1 is 1.33 bits per heavy atom. The van der Waals surface area contributed by atoms with Crippen molar-refractivity contribution in [3.05, 3.63) is 30.3 Å². The molecule has 0 unspecified atom stereocenters. The Balaban J connectivity index is 2.65. The third-order valence-electron chi connectivity index (χ3n) is 1.20. The van der Waals surface area contributed by atoms with Crippen LogP contribution in [0, 0.1) is 11.5 Å². The molecule has 0 saturated carbocycles. The Hall–Kier alpha value is -1.89. The van der Waals surface area contributed by atoms with Gasteiger partial charge in [-0.2, -0.15) is 10.3 Å². The van der Waals surface area contributed by atoms with Gasteiger partial charge in [0.2, 0.25) is 6.19 Å². The van der Waals surface area contributed by atoms with Crippen molar-refractivity contribution in [1.82, 2.24) is 5.01 Å². The molecule has 0 aliphatic heterocycles. The SMILES string of the molecule is CN(C#N)N=Nc1ccccc1. The molecular weight excluding hydrogens is 152 g/mol. The van der Waals surface area contributed by atoms with Gasteiger partial charge in [-0.25, -0.2) is 0 Å². The molecule has 60 valence electrons. The van der Waals surface area contributed by atoms with Crippen molar-refractivity contribution >= 4 is 5.69 Å². The van der Waals surface area contributed by atoms with Gasteiger partial charge in [-0.15, -0.1) is 5.11 Å². The average molecular weight is 160 g/mol. The average Bonchev–Trinajstić information content (AvgIpc) is 2.16. The largest absolute Gasteiger partial charge is 0.202 e. The minimum atomic E-state index is 0.736. The highest BCUT2D eigenvalue weighted by Gasteiger charge is 1.87. The molecule has 1 aromatic rings. The van der Waals surface area contributed by atoms with Gasteiger partial charge in [0.05, 0.1) is 5.69 Å². The lowest BCUT2D eigenvalue weighted by molar-refractivity contribution is 0.476. The van der Waals surface area contributed by atoms with Crippen LogP contribution in [0.15, 0.2) is 40.7 Å². The Labute approximate surface area is 70.7 Å². The molecule has 0 saturated heterocycles. The molecule has 0 bridgehead atoms. The first kappa shape index (κ1) is 8.21. The van der Waals surface area contributed by atoms with Crippen LogP contribution in [0.4, 0.5) is 5.69 Å². The molecule has 0 spiro atoms. The molecule has 4 nitrogen and oxygen atoms in total. The van der Waals surface area contributed by atoms with Crippen molar-refractivity contribution in [3.8, 4) is 6.19 Å². The molecular formula is C8H8N4. The van der Waals surface area contributed by atoms with E-state index in [-0.39, 0.29) is 0 Å². The molecule has 12 heavy (non-hydrogen) atoms. The highest BCUT2D eigenvalue weighted by atomic mass is 15.5. The van der Waals surface area contributed by atoms with E-state index in [0.29, 0.717) is 0 Å². The first-order valence-corrected chi connectivity index (χ1v) is 3.43. The quantitative estimate of drug-likeness (QED) is 0.288. The molecule has 0 atom stereocenters. The van der Waals surface area contributed by atoms with E-state index in [2.05, 4.69) is 10.3 Å². The van der Waals surface area contributed by atoms with Crippen LogP contribution in [0.5, 0.6) is 0 Å². The second-order valence-corrected chi connectivity index (χ2v) is 2.15. The molecule has 0 amide bonds. The zero-order valence-electron chi connectivity index (χ0n) is 6.68. The minimum absolute atomic E-state index is 0.736. The number of benzene rings is 1. The third kappa shape index (κ3) is 2.39. The van der Waals surface area contributed by atoms with Gasteiger partial charge in [0.1, 0.15) is 0 Å². The van der Waals surface area contributed by atoms with Crippen LogP contribution in [0.3, 0.4) is 0 Å². The number of nitriles is 1. The second-order valence-electron chi connectivity index (χ2n) is 2.15. The Kier molecular flexibility index (Phi) is 2.79. The van der Waals surface area contributed by atoms with E-state index < -0.39 is 0 Å². The lowest BCUT2D eigenvalue weighted by Crippen LogP contribution is -1.98. The zero-order valence-corrected chi connectivity index (χ0v) is 6.68. The normalized spacial score (nSPS) is 9.67. The summed E-state index contributed by atoms with van der Waals surface area (Å²) >= 11 is 0. The van der Waals surface area contributed by atoms with E-state index in [4.69, 9.17) is 5.26 Å². The first-order valence-electron chi connectivity index (χ1n) is 3.43. The minimum Gasteiger partial charge on any atom is -0.184 e. The Morgan fingerprint density at radius 3 is 2.58 bits per heavy atom. The molecule has 0 N–H and O–H groups in total. The van der Waals surface area contributed by atoms with Crippen LogP contribution < -0.4 is 0 Å². The van der Waals surface area contributed by atoms with E-state index in [0.717, 1.165) is 10.7 Å². The monoisotopic (exact) mass is 160 g/mol. The Morgan fingerprint density at radius 2 is 2.00 bits per heavy atom. The molecule has 0 fully saturated rings. The predicted molar refractivity (Wildman–Crippen MR) is 44.3 cm³/mol. The molecule has 0 aliphatic carbocycles. The molecule has 1 aromatic carbocycles. The van der Waals surface area contributed by atoms with Crippen LogP contribution >= 0.6 is 0 Å².